The molecule has 0 aliphatic heterocycles. The average Bonchev–Trinajstić information content (AvgIpc) is 2.74. The third kappa shape index (κ3) is 11.0. The van der Waals surface area contributed by atoms with Crippen molar-refractivity contribution in [1.82, 2.24) is 0 Å². The first-order valence-corrected chi connectivity index (χ1v) is 14.6. The van der Waals surface area contributed by atoms with Crippen LogP contribution in [0, 0.1) is 5.92 Å². The minimum absolute atomic E-state index is 0.127. The van der Waals surface area contributed by atoms with E-state index in [0.717, 1.165) is 50.4 Å². The maximum Gasteiger partial charge on any atom is 0.445 e. The Morgan fingerprint density at radius 3 is 2.03 bits per heavy atom. The Morgan fingerprint density at radius 1 is 0.939 bits per heavy atom. The maximum absolute atomic E-state index is 13.0. The van der Waals surface area contributed by atoms with E-state index in [2.05, 4.69) is 6.92 Å². The van der Waals surface area contributed by atoms with Gasteiger partial charge in [0.1, 0.15) is 10.1 Å². The van der Waals surface area contributed by atoms with Crippen LogP contribution in [0.15, 0.2) is 35.3 Å². The molecule has 0 amide bonds. The number of allylic oxidation sites excluding steroid dienone is 4. The molecule has 0 aromatic rings. The molecule has 2 atom stereocenters. The summed E-state index contributed by atoms with van der Waals surface area (Å²) >= 11 is -0.265. The molecule has 0 aromatic carbocycles. The van der Waals surface area contributed by atoms with Crippen LogP contribution in [0.4, 0.5) is 13.2 Å². The fourth-order valence-corrected chi connectivity index (χ4v) is 6.15. The van der Waals surface area contributed by atoms with Crippen LogP contribution in [0.2, 0.25) is 0 Å². The normalized spacial score (nSPS) is 21.6. The third-order valence-corrected chi connectivity index (χ3v) is 8.48. The number of hydrogen-bond acceptors (Lipinski definition) is 4. The molecule has 1 rings (SSSR count). The predicted molar refractivity (Wildman–Crippen MR) is 132 cm³/mol. The molecule has 0 fully saturated rings. The van der Waals surface area contributed by atoms with Gasteiger partial charge in [0.25, 0.3) is 0 Å². The number of halogens is 3. The SMILES string of the molecule is CCCCCCCCCCC1(S(=O)(=O)[O-])C=CC=CC1C(=CSC(F)(F)F)CCCCCC. The lowest BCUT2D eigenvalue weighted by molar-refractivity contribution is -0.0320. The summed E-state index contributed by atoms with van der Waals surface area (Å²) < 4.78 is 74.8. The van der Waals surface area contributed by atoms with Gasteiger partial charge in [0.2, 0.25) is 0 Å². The van der Waals surface area contributed by atoms with E-state index >= 15 is 0 Å². The zero-order chi connectivity index (χ0) is 24.8. The molecule has 0 radical (unpaired) electrons. The first kappa shape index (κ1) is 30.3. The molecule has 8 heteroatoms. The molecule has 0 spiro atoms. The molecular weight excluding hydrogens is 469 g/mol. The van der Waals surface area contributed by atoms with Crippen LogP contribution < -0.4 is 0 Å². The average molecular weight is 510 g/mol. The summed E-state index contributed by atoms with van der Waals surface area (Å²) in [6, 6.07) is 0. The van der Waals surface area contributed by atoms with Crippen LogP contribution in [0.3, 0.4) is 0 Å². The van der Waals surface area contributed by atoms with Crippen molar-refractivity contribution in [2.75, 3.05) is 0 Å². The Kier molecular flexibility index (Phi) is 14.1. The number of alkyl halides is 3. The summed E-state index contributed by atoms with van der Waals surface area (Å²) in [6.07, 6.45) is 18.2. The zero-order valence-electron chi connectivity index (χ0n) is 20.0. The molecule has 192 valence electrons. The number of thioether (sulfide) groups is 1. The quantitative estimate of drug-likeness (QED) is 0.145. The van der Waals surface area contributed by atoms with Crippen LogP contribution in [-0.2, 0) is 10.1 Å². The van der Waals surface area contributed by atoms with Gasteiger partial charge in [-0.15, -0.1) is 0 Å². The zero-order valence-corrected chi connectivity index (χ0v) is 21.7. The third-order valence-electron chi connectivity index (χ3n) is 6.27. The van der Waals surface area contributed by atoms with E-state index in [1.807, 2.05) is 6.92 Å². The van der Waals surface area contributed by atoms with Crippen molar-refractivity contribution in [1.29, 1.82) is 0 Å². The van der Waals surface area contributed by atoms with Crippen LogP contribution in [0.1, 0.15) is 104 Å². The molecule has 0 aromatic heterocycles. The van der Waals surface area contributed by atoms with Gasteiger partial charge >= 0.3 is 5.51 Å². The molecule has 0 bridgehead atoms. The summed E-state index contributed by atoms with van der Waals surface area (Å²) in [7, 11) is -4.79. The van der Waals surface area contributed by atoms with E-state index in [4.69, 9.17) is 0 Å². The second-order valence-electron chi connectivity index (χ2n) is 8.92. The second-order valence-corrected chi connectivity index (χ2v) is 11.5. The highest BCUT2D eigenvalue weighted by molar-refractivity contribution is 8.03. The fraction of sp³-hybridized carbons (Fsp3) is 0.760. The molecule has 1 aliphatic carbocycles. The van der Waals surface area contributed by atoms with Crippen molar-refractivity contribution in [3.8, 4) is 0 Å². The molecule has 0 heterocycles. The lowest BCUT2D eigenvalue weighted by Crippen LogP contribution is -2.45. The molecule has 33 heavy (non-hydrogen) atoms. The van der Waals surface area contributed by atoms with Crippen molar-refractivity contribution in [3.05, 3.63) is 35.3 Å². The fourth-order valence-electron chi connectivity index (χ4n) is 4.42. The second kappa shape index (κ2) is 15.3. The summed E-state index contributed by atoms with van der Waals surface area (Å²) in [6.45, 7) is 4.20. The van der Waals surface area contributed by atoms with Crippen LogP contribution >= 0.6 is 11.8 Å². The van der Waals surface area contributed by atoms with Crippen molar-refractivity contribution in [3.63, 3.8) is 0 Å². The van der Waals surface area contributed by atoms with E-state index in [1.165, 1.54) is 25.3 Å². The monoisotopic (exact) mass is 509 g/mol. The van der Waals surface area contributed by atoms with E-state index in [9.17, 15) is 26.1 Å². The van der Waals surface area contributed by atoms with E-state index in [0.29, 0.717) is 24.8 Å². The maximum atomic E-state index is 13.0. The van der Waals surface area contributed by atoms with Gasteiger partial charge in [-0.05, 0) is 36.4 Å². The van der Waals surface area contributed by atoms with Crippen molar-refractivity contribution >= 4 is 21.9 Å². The summed E-state index contributed by atoms with van der Waals surface area (Å²) in [5, 5.41) is 1.04. The van der Waals surface area contributed by atoms with E-state index < -0.39 is 26.3 Å². The summed E-state index contributed by atoms with van der Waals surface area (Å²) in [4.78, 5) is 0. The molecule has 3 nitrogen and oxygen atoms in total. The van der Waals surface area contributed by atoms with Crippen LogP contribution in [-0.4, -0.2) is 23.2 Å². The van der Waals surface area contributed by atoms with Crippen LogP contribution in [0.5, 0.6) is 0 Å². The van der Waals surface area contributed by atoms with Gasteiger partial charge in [-0.2, -0.15) is 13.2 Å². The minimum atomic E-state index is -4.79. The molecule has 2 unspecified atom stereocenters. The smallest absolute Gasteiger partial charge is 0.445 e. The topological polar surface area (TPSA) is 57.2 Å². The Hall–Kier alpha value is -0.730. The first-order chi connectivity index (χ1) is 15.6. The van der Waals surface area contributed by atoms with E-state index in [-0.39, 0.29) is 18.2 Å². The molecule has 0 saturated carbocycles. The molecular formula is C25H40F3O3S2-. The number of unbranched alkanes of at least 4 members (excludes halogenated alkanes) is 10. The molecule has 0 N–H and O–H groups in total. The Labute approximate surface area is 203 Å². The van der Waals surface area contributed by atoms with Gasteiger partial charge in [-0.1, -0.05) is 114 Å². The molecule has 1 aliphatic rings. The summed E-state index contributed by atoms with van der Waals surface area (Å²) in [5.74, 6) is -0.869. The van der Waals surface area contributed by atoms with E-state index in [1.54, 1.807) is 18.2 Å². The highest BCUT2D eigenvalue weighted by Gasteiger charge is 2.44. The van der Waals surface area contributed by atoms with Gasteiger partial charge < -0.3 is 4.55 Å². The first-order valence-electron chi connectivity index (χ1n) is 12.3. The summed E-state index contributed by atoms with van der Waals surface area (Å²) in [5.41, 5.74) is -4.08. The Balaban J connectivity index is 3.02. The highest BCUT2D eigenvalue weighted by Crippen LogP contribution is 2.44. The Morgan fingerprint density at radius 2 is 1.48 bits per heavy atom. The van der Waals surface area contributed by atoms with Crippen molar-refractivity contribution in [2.45, 2.75) is 114 Å². The van der Waals surface area contributed by atoms with Gasteiger partial charge in [-0.3, -0.25) is 0 Å². The lowest BCUT2D eigenvalue weighted by Gasteiger charge is -2.42. The lowest BCUT2D eigenvalue weighted by atomic mass is 9.78. The largest absolute Gasteiger partial charge is 0.747 e. The Bertz CT molecular complexity index is 742. The highest BCUT2D eigenvalue weighted by atomic mass is 32.2. The van der Waals surface area contributed by atoms with Gasteiger partial charge in [-0.25, -0.2) is 8.42 Å². The standard InChI is InChI=1S/C25H41F3O3S2/c1-3-5-7-9-10-11-12-15-19-24(33(29,30)31)20-16-14-18-23(24)22(17-13-8-6-4-2)21-32-25(26,27)28/h14,16,18,20-21,23H,3-13,15,17,19H2,1-2H3,(H,29,30,31)/p-1. The minimum Gasteiger partial charge on any atom is -0.747 e. The van der Waals surface area contributed by atoms with Crippen LogP contribution in [0.25, 0.3) is 0 Å². The predicted octanol–water partition coefficient (Wildman–Crippen LogP) is 8.65. The van der Waals surface area contributed by atoms with Crippen molar-refractivity contribution < 1.29 is 26.1 Å². The van der Waals surface area contributed by atoms with Gasteiger partial charge in [0.15, 0.2) is 0 Å². The molecule has 0 saturated heterocycles. The number of hydrogen-bond donors (Lipinski definition) is 0. The van der Waals surface area contributed by atoms with Crippen molar-refractivity contribution in [2.24, 2.45) is 5.92 Å². The number of rotatable bonds is 17. The van der Waals surface area contributed by atoms with Gasteiger partial charge in [0, 0.05) is 5.92 Å². The van der Waals surface area contributed by atoms with Gasteiger partial charge in [0.05, 0.1) is 4.75 Å².